The molecule has 0 amide bonds. The van der Waals surface area contributed by atoms with Crippen molar-refractivity contribution in [3.63, 3.8) is 0 Å². The lowest BCUT2D eigenvalue weighted by atomic mass is 9.92. The largest absolute Gasteiger partial charge is 0.402 e. The minimum Gasteiger partial charge on any atom is -0.388 e. The minimum absolute atomic E-state index is 0.104. The van der Waals surface area contributed by atoms with Gasteiger partial charge in [0.05, 0.1) is 0 Å². The van der Waals surface area contributed by atoms with E-state index in [-0.39, 0.29) is 13.8 Å². The van der Waals surface area contributed by atoms with Crippen molar-refractivity contribution in [3.05, 3.63) is 0 Å². The summed E-state index contributed by atoms with van der Waals surface area (Å²) in [4.78, 5) is 0. The Labute approximate surface area is 116 Å². The average Bonchev–Trinajstić information content (AvgIpc) is 2.17. The number of hydrogen-bond donors (Lipinski definition) is 0. The number of halogens is 8. The SMILES string of the molecule is CC(C)(C(F)(F)F)C(F)(F)F.COC.C[SiH2]C.FCF. The average molecular weight is 338 g/mol. The van der Waals surface area contributed by atoms with Crippen LogP contribution in [0.1, 0.15) is 13.8 Å². The molecule has 20 heavy (non-hydrogen) atoms. The quantitative estimate of drug-likeness (QED) is 0.466. The molecule has 0 saturated heterocycles. The highest BCUT2D eigenvalue weighted by atomic mass is 28.2. The molecule has 0 fully saturated rings. The smallest absolute Gasteiger partial charge is 0.388 e. The second-order valence-corrected chi connectivity index (χ2v) is 5.25. The van der Waals surface area contributed by atoms with Gasteiger partial charge in [-0.2, -0.15) is 26.3 Å². The molecule has 0 N–H and O–H groups in total. The van der Waals surface area contributed by atoms with Gasteiger partial charge in [0.15, 0.2) is 5.41 Å². The van der Waals surface area contributed by atoms with Crippen molar-refractivity contribution in [2.45, 2.75) is 39.3 Å². The minimum atomic E-state index is -5.24. The molecule has 0 aromatic heterocycles. The molecule has 0 heterocycles. The third-order valence-corrected chi connectivity index (χ3v) is 1.42. The van der Waals surface area contributed by atoms with Crippen LogP contribution in [0.2, 0.25) is 13.1 Å². The van der Waals surface area contributed by atoms with Crippen molar-refractivity contribution in [2.75, 3.05) is 21.1 Å². The van der Waals surface area contributed by atoms with Gasteiger partial charge in [-0.15, -0.1) is 0 Å². The van der Waals surface area contributed by atoms with Crippen molar-refractivity contribution >= 4 is 9.52 Å². The van der Waals surface area contributed by atoms with Crippen molar-refractivity contribution in [3.8, 4) is 0 Å². The van der Waals surface area contributed by atoms with Crippen molar-refractivity contribution < 1.29 is 39.9 Å². The summed E-state index contributed by atoms with van der Waals surface area (Å²) < 4.78 is 93.2. The fourth-order valence-corrected chi connectivity index (χ4v) is 0.161. The highest BCUT2D eigenvalue weighted by molar-refractivity contribution is 6.31. The lowest BCUT2D eigenvalue weighted by Gasteiger charge is -2.29. The second-order valence-electron chi connectivity index (χ2n) is 3.84. The van der Waals surface area contributed by atoms with Crippen LogP contribution >= 0.6 is 0 Å². The Bertz CT molecular complexity index is 170. The number of rotatable bonds is 0. The zero-order valence-electron chi connectivity index (χ0n) is 12.3. The van der Waals surface area contributed by atoms with E-state index in [4.69, 9.17) is 0 Å². The van der Waals surface area contributed by atoms with Crippen LogP contribution in [0.5, 0.6) is 0 Å². The zero-order valence-corrected chi connectivity index (χ0v) is 13.8. The molecule has 0 aromatic carbocycles. The van der Waals surface area contributed by atoms with Gasteiger partial charge in [-0.05, 0) is 13.8 Å². The summed E-state index contributed by atoms with van der Waals surface area (Å²) >= 11 is 0. The monoisotopic (exact) mass is 338 g/mol. The molecule has 1 nitrogen and oxygen atoms in total. The van der Waals surface area contributed by atoms with Crippen LogP contribution in [0, 0.1) is 5.41 Å². The summed E-state index contributed by atoms with van der Waals surface area (Å²) in [5, 5.41) is 0. The molecule has 0 aliphatic heterocycles. The van der Waals surface area contributed by atoms with Gasteiger partial charge >= 0.3 is 12.4 Å². The fraction of sp³-hybridized carbons (Fsp3) is 1.00. The fourth-order valence-electron chi connectivity index (χ4n) is 0.161. The Morgan fingerprint density at radius 2 is 0.900 bits per heavy atom. The van der Waals surface area contributed by atoms with Gasteiger partial charge in [0, 0.05) is 23.7 Å². The van der Waals surface area contributed by atoms with Gasteiger partial charge in [-0.3, -0.25) is 0 Å². The summed E-state index contributed by atoms with van der Waals surface area (Å²) in [6.07, 6.45) is -10.5. The van der Waals surface area contributed by atoms with Gasteiger partial charge in [0.1, 0.15) is 0 Å². The summed E-state index contributed by atoms with van der Waals surface area (Å²) in [6.45, 7) is 2.99. The van der Waals surface area contributed by atoms with E-state index >= 15 is 0 Å². The van der Waals surface area contributed by atoms with Crippen LogP contribution in [-0.4, -0.2) is 43.0 Å². The third-order valence-electron chi connectivity index (χ3n) is 1.42. The molecule has 128 valence electrons. The number of methoxy groups -OCH3 is 1. The Morgan fingerprint density at radius 1 is 0.800 bits per heavy atom. The van der Waals surface area contributed by atoms with Gasteiger partial charge < -0.3 is 4.74 Å². The zero-order chi connectivity index (χ0) is 17.6. The molecule has 0 rings (SSSR count). The van der Waals surface area contributed by atoms with Crippen LogP contribution in [0.25, 0.3) is 0 Å². The first-order valence-corrected chi connectivity index (χ1v) is 8.23. The summed E-state index contributed by atoms with van der Waals surface area (Å²) in [5.41, 5.74) is -3.62. The number of hydrogen-bond acceptors (Lipinski definition) is 1. The van der Waals surface area contributed by atoms with E-state index in [0.29, 0.717) is 9.52 Å². The highest BCUT2D eigenvalue weighted by Crippen LogP contribution is 2.49. The molecular weight excluding hydrogens is 316 g/mol. The number of alkyl halides is 8. The topological polar surface area (TPSA) is 9.23 Å². The van der Waals surface area contributed by atoms with Gasteiger partial charge in [-0.1, -0.05) is 13.1 Å². The molecule has 0 saturated carbocycles. The van der Waals surface area contributed by atoms with E-state index in [9.17, 15) is 35.1 Å². The normalized spacial score (nSPS) is 11.1. The first-order chi connectivity index (χ1) is 8.74. The lowest BCUT2D eigenvalue weighted by molar-refractivity contribution is -0.327. The van der Waals surface area contributed by atoms with Gasteiger partial charge in [-0.25, -0.2) is 8.78 Å². The third kappa shape index (κ3) is 15.7. The van der Waals surface area contributed by atoms with E-state index in [1.165, 1.54) is 0 Å². The Kier molecular flexibility index (Phi) is 18.9. The molecule has 0 aliphatic carbocycles. The maximum Gasteiger partial charge on any atom is 0.402 e. The standard InChI is InChI=1S/C5H6F6.C2H6O.C2H8Si.CH2F2/c1-3(2,4(6,7)8)5(9,10)11;2*1-3-2;2-1-3/h1-2H3;1-2H3;3H2,1-2H3;1H2. The van der Waals surface area contributed by atoms with E-state index in [0.717, 1.165) is 0 Å². The van der Waals surface area contributed by atoms with E-state index in [1.54, 1.807) is 14.2 Å². The lowest BCUT2D eigenvalue weighted by Crippen LogP contribution is -2.44. The predicted molar refractivity (Wildman–Crippen MR) is 66.2 cm³/mol. The molecular formula is C10H22F8OSi. The van der Waals surface area contributed by atoms with E-state index < -0.39 is 24.7 Å². The van der Waals surface area contributed by atoms with Crippen LogP contribution in [0.3, 0.4) is 0 Å². The molecule has 0 aromatic rings. The molecule has 0 spiro atoms. The molecule has 0 aliphatic rings. The number of ether oxygens (including phenoxy) is 1. The maximum atomic E-state index is 11.6. The molecule has 0 radical (unpaired) electrons. The maximum absolute atomic E-state index is 11.6. The van der Waals surface area contributed by atoms with Crippen molar-refractivity contribution in [2.24, 2.45) is 5.41 Å². The first kappa shape index (κ1) is 27.9. The second kappa shape index (κ2) is 13.6. The Hall–Kier alpha value is -0.383. The van der Waals surface area contributed by atoms with Gasteiger partial charge in [0.25, 0.3) is 0 Å². The van der Waals surface area contributed by atoms with Crippen LogP contribution < -0.4 is 0 Å². The van der Waals surface area contributed by atoms with Crippen molar-refractivity contribution in [1.82, 2.24) is 0 Å². The summed E-state index contributed by atoms with van der Waals surface area (Å²) in [5.74, 6) is 0. The first-order valence-electron chi connectivity index (χ1n) is 5.40. The summed E-state index contributed by atoms with van der Waals surface area (Å²) in [7, 11) is 3.67. The van der Waals surface area contributed by atoms with E-state index in [1.807, 2.05) is 0 Å². The molecule has 10 heteroatoms. The van der Waals surface area contributed by atoms with Gasteiger partial charge in [0.2, 0.25) is 6.93 Å². The Balaban J connectivity index is -0.000000117. The van der Waals surface area contributed by atoms with Crippen molar-refractivity contribution in [1.29, 1.82) is 0 Å². The Morgan fingerprint density at radius 3 is 0.900 bits per heavy atom. The van der Waals surface area contributed by atoms with Crippen LogP contribution in [-0.2, 0) is 4.74 Å². The highest BCUT2D eigenvalue weighted by Gasteiger charge is 2.64. The van der Waals surface area contributed by atoms with Crippen LogP contribution in [0.15, 0.2) is 0 Å². The predicted octanol–water partition coefficient (Wildman–Crippen LogP) is 4.53. The van der Waals surface area contributed by atoms with Crippen LogP contribution in [0.4, 0.5) is 35.1 Å². The molecule has 0 bridgehead atoms. The summed E-state index contributed by atoms with van der Waals surface area (Å²) in [6, 6.07) is 0. The molecule has 0 unspecified atom stereocenters. The van der Waals surface area contributed by atoms with E-state index in [2.05, 4.69) is 17.8 Å². The molecule has 0 atom stereocenters.